The van der Waals surface area contributed by atoms with Crippen LogP contribution in [-0.2, 0) is 12.6 Å². The normalized spacial score (nSPS) is 12.0. The summed E-state index contributed by atoms with van der Waals surface area (Å²) < 4.78 is 36.2. The molecule has 1 aromatic rings. The third-order valence-corrected chi connectivity index (χ3v) is 3.02. The summed E-state index contributed by atoms with van der Waals surface area (Å²) in [7, 11) is 0. The van der Waals surface area contributed by atoms with Gasteiger partial charge in [0.2, 0.25) is 0 Å². The maximum absolute atomic E-state index is 12.1. The van der Waals surface area contributed by atoms with E-state index in [-0.39, 0.29) is 0 Å². The van der Waals surface area contributed by atoms with E-state index in [2.05, 4.69) is 20.9 Å². The second-order valence-electron chi connectivity index (χ2n) is 2.42. The molecule has 0 aromatic carbocycles. The Bertz CT molecular complexity index is 271. The van der Waals surface area contributed by atoms with Crippen LogP contribution in [0.4, 0.5) is 13.2 Å². The van der Waals surface area contributed by atoms with Gasteiger partial charge in [0.05, 0.1) is 0 Å². The van der Waals surface area contributed by atoms with Gasteiger partial charge < -0.3 is 0 Å². The first-order chi connectivity index (χ1) is 6.04. The smallest absolute Gasteiger partial charge is 0.240 e. The lowest BCUT2D eigenvalue weighted by atomic mass is 10.3. The number of aromatic nitrogens is 1. The van der Waals surface area contributed by atoms with Crippen LogP contribution in [0.25, 0.3) is 0 Å². The largest absolute Gasteiger partial charge is 0.443 e. The summed E-state index contributed by atoms with van der Waals surface area (Å²) in [4.78, 5) is 4.01. The summed E-state index contributed by atoms with van der Waals surface area (Å²) in [6.07, 6.45) is -1.51. The van der Waals surface area contributed by atoms with Crippen molar-refractivity contribution in [2.75, 3.05) is 5.33 Å². The standard InChI is InChI=1S/C7H7BrF3NS/c8-3-1-2-5-4-12-6(13-5)7(9,10)11/h4H,1-3H2. The molecule has 0 amide bonds. The zero-order chi connectivity index (χ0) is 9.90. The van der Waals surface area contributed by atoms with E-state index in [0.29, 0.717) is 11.3 Å². The van der Waals surface area contributed by atoms with Crippen LogP contribution in [0.1, 0.15) is 16.3 Å². The van der Waals surface area contributed by atoms with Crippen molar-refractivity contribution in [1.82, 2.24) is 4.98 Å². The maximum atomic E-state index is 12.1. The Morgan fingerprint density at radius 2 is 2.15 bits per heavy atom. The highest BCUT2D eigenvalue weighted by Crippen LogP contribution is 2.32. The van der Waals surface area contributed by atoms with Gasteiger partial charge in [-0.25, -0.2) is 4.98 Å². The molecule has 0 saturated carbocycles. The van der Waals surface area contributed by atoms with Crippen molar-refractivity contribution in [3.63, 3.8) is 0 Å². The molecule has 6 heteroatoms. The van der Waals surface area contributed by atoms with E-state index in [0.717, 1.165) is 23.1 Å². The van der Waals surface area contributed by atoms with E-state index < -0.39 is 11.2 Å². The lowest BCUT2D eigenvalue weighted by molar-refractivity contribution is -0.137. The number of alkyl halides is 4. The van der Waals surface area contributed by atoms with Crippen molar-refractivity contribution >= 4 is 27.3 Å². The molecular weight excluding hydrogens is 267 g/mol. The quantitative estimate of drug-likeness (QED) is 0.769. The van der Waals surface area contributed by atoms with Crippen LogP contribution >= 0.6 is 27.3 Å². The molecule has 0 fully saturated rings. The predicted octanol–water partition coefficient (Wildman–Crippen LogP) is 3.49. The van der Waals surface area contributed by atoms with Gasteiger partial charge in [0.15, 0.2) is 5.01 Å². The monoisotopic (exact) mass is 273 g/mol. The first-order valence-electron chi connectivity index (χ1n) is 3.62. The highest BCUT2D eigenvalue weighted by atomic mass is 79.9. The molecule has 1 heterocycles. The molecule has 0 N–H and O–H groups in total. The minimum Gasteiger partial charge on any atom is -0.240 e. The number of halogens is 4. The number of thiazole rings is 1. The topological polar surface area (TPSA) is 12.9 Å². The number of rotatable bonds is 3. The van der Waals surface area contributed by atoms with E-state index in [1.165, 1.54) is 6.20 Å². The van der Waals surface area contributed by atoms with Gasteiger partial charge in [-0.2, -0.15) is 13.2 Å². The first-order valence-corrected chi connectivity index (χ1v) is 5.55. The summed E-state index contributed by atoms with van der Waals surface area (Å²) in [5.41, 5.74) is 0. The average Bonchev–Trinajstić information content (AvgIpc) is 2.47. The number of nitrogens with zero attached hydrogens (tertiary/aromatic N) is 1. The second-order valence-corrected chi connectivity index (χ2v) is 4.33. The highest BCUT2D eigenvalue weighted by molar-refractivity contribution is 9.09. The highest BCUT2D eigenvalue weighted by Gasteiger charge is 2.34. The molecule has 0 radical (unpaired) electrons. The van der Waals surface area contributed by atoms with E-state index in [1.807, 2.05) is 0 Å². The van der Waals surface area contributed by atoms with Gasteiger partial charge in [-0.15, -0.1) is 11.3 Å². The molecule has 0 unspecified atom stereocenters. The van der Waals surface area contributed by atoms with Gasteiger partial charge in [-0.1, -0.05) is 15.9 Å². The maximum Gasteiger partial charge on any atom is 0.443 e. The zero-order valence-corrected chi connectivity index (χ0v) is 8.97. The van der Waals surface area contributed by atoms with Crippen LogP contribution in [0.15, 0.2) is 6.20 Å². The summed E-state index contributed by atoms with van der Waals surface area (Å²) in [6, 6.07) is 0. The van der Waals surface area contributed by atoms with Gasteiger partial charge in [-0.3, -0.25) is 0 Å². The molecule has 1 rings (SSSR count). The molecule has 0 saturated heterocycles. The number of aryl methyl sites for hydroxylation is 1. The van der Waals surface area contributed by atoms with Gasteiger partial charge >= 0.3 is 6.18 Å². The predicted molar refractivity (Wildman–Crippen MR) is 49.2 cm³/mol. The van der Waals surface area contributed by atoms with E-state index >= 15 is 0 Å². The Morgan fingerprint density at radius 3 is 2.62 bits per heavy atom. The molecule has 1 nitrogen and oxygen atoms in total. The Kier molecular flexibility index (Phi) is 3.73. The molecule has 0 atom stereocenters. The molecule has 13 heavy (non-hydrogen) atoms. The molecule has 74 valence electrons. The minimum atomic E-state index is -4.29. The molecule has 0 aliphatic heterocycles. The fourth-order valence-corrected chi connectivity index (χ4v) is 1.90. The average molecular weight is 274 g/mol. The summed E-state index contributed by atoms with van der Waals surface area (Å²) in [6.45, 7) is 0. The van der Waals surface area contributed by atoms with E-state index in [9.17, 15) is 13.2 Å². The molecule has 0 aliphatic carbocycles. The van der Waals surface area contributed by atoms with Gasteiger partial charge in [0.1, 0.15) is 0 Å². The second kappa shape index (κ2) is 4.41. The zero-order valence-electron chi connectivity index (χ0n) is 6.57. The van der Waals surface area contributed by atoms with Crippen LogP contribution < -0.4 is 0 Å². The van der Waals surface area contributed by atoms with Crippen molar-refractivity contribution in [1.29, 1.82) is 0 Å². The SMILES string of the molecule is FC(F)(F)c1ncc(CCCBr)s1. The summed E-state index contributed by atoms with van der Waals surface area (Å²) in [5.74, 6) is 0. The lowest BCUT2D eigenvalue weighted by Crippen LogP contribution is -2.02. The fourth-order valence-electron chi connectivity index (χ4n) is 0.795. The van der Waals surface area contributed by atoms with Crippen LogP contribution in [0, 0.1) is 0 Å². The Labute approximate surface area is 86.1 Å². The third kappa shape index (κ3) is 3.27. The van der Waals surface area contributed by atoms with Crippen molar-refractivity contribution in [2.45, 2.75) is 19.0 Å². The van der Waals surface area contributed by atoms with Crippen LogP contribution in [-0.4, -0.2) is 10.3 Å². The number of hydrogen-bond donors (Lipinski definition) is 0. The lowest BCUT2D eigenvalue weighted by Gasteiger charge is -1.98. The fraction of sp³-hybridized carbons (Fsp3) is 0.571. The van der Waals surface area contributed by atoms with Gasteiger partial charge in [-0.05, 0) is 12.8 Å². The Hall–Kier alpha value is -0.100. The van der Waals surface area contributed by atoms with Crippen molar-refractivity contribution in [2.24, 2.45) is 0 Å². The van der Waals surface area contributed by atoms with Gasteiger partial charge in [0.25, 0.3) is 0 Å². The van der Waals surface area contributed by atoms with Crippen LogP contribution in [0.3, 0.4) is 0 Å². The Morgan fingerprint density at radius 1 is 1.46 bits per heavy atom. The molecular formula is C7H7BrF3NS. The first kappa shape index (κ1) is 11.0. The minimum absolute atomic E-state index is 0.652. The summed E-state index contributed by atoms with van der Waals surface area (Å²) in [5, 5.41) is 0.0452. The molecule has 1 aromatic heterocycles. The van der Waals surface area contributed by atoms with Crippen LogP contribution in [0.5, 0.6) is 0 Å². The van der Waals surface area contributed by atoms with Crippen molar-refractivity contribution < 1.29 is 13.2 Å². The van der Waals surface area contributed by atoms with E-state index in [1.54, 1.807) is 0 Å². The molecule has 0 bridgehead atoms. The van der Waals surface area contributed by atoms with E-state index in [4.69, 9.17) is 0 Å². The van der Waals surface area contributed by atoms with Crippen molar-refractivity contribution in [3.8, 4) is 0 Å². The molecule has 0 aliphatic rings. The third-order valence-electron chi connectivity index (χ3n) is 1.35. The Balaban J connectivity index is 2.64. The van der Waals surface area contributed by atoms with Gasteiger partial charge in [0, 0.05) is 16.4 Å². The van der Waals surface area contributed by atoms with Crippen molar-refractivity contribution in [3.05, 3.63) is 16.1 Å². The summed E-state index contributed by atoms with van der Waals surface area (Å²) >= 11 is 3.94. The molecule has 0 spiro atoms. The number of hydrogen-bond acceptors (Lipinski definition) is 2. The van der Waals surface area contributed by atoms with Crippen LogP contribution in [0.2, 0.25) is 0 Å².